The minimum atomic E-state index is -0.289. The third-order valence-electron chi connectivity index (χ3n) is 8.05. The van der Waals surface area contributed by atoms with Crippen LogP contribution in [0.3, 0.4) is 0 Å². The number of urea groups is 1. The van der Waals surface area contributed by atoms with Gasteiger partial charge in [0.25, 0.3) is 0 Å². The standard InChI is InChI=1S/C20H25N3O.C13H18N2O/c1-3-18-15(13-22-19(18)4-2)6-8-20(24)23-17-7-5-14-9-10-21-12-16(14)11-17;1-10-4-2-3-5-12(10)11-6-8-15(9-7-11)13(14)16/h3-5,7,11,13,21-22H,6,8-10,12H2,1-2H3,(H,23,24);2-5,11H,6-9H2,1H3,(H2,14,16)/b18-3-,19-4+;. The quantitative estimate of drug-likeness (QED) is 0.391. The van der Waals surface area contributed by atoms with Crippen LogP contribution in [0.2, 0.25) is 0 Å². The van der Waals surface area contributed by atoms with Crippen molar-refractivity contribution in [3.63, 3.8) is 0 Å². The topological polar surface area (TPSA) is 103 Å². The summed E-state index contributed by atoms with van der Waals surface area (Å²) in [6.45, 7) is 9.68. The van der Waals surface area contributed by atoms with E-state index < -0.39 is 0 Å². The number of benzene rings is 2. The van der Waals surface area contributed by atoms with Gasteiger partial charge >= 0.3 is 6.03 Å². The summed E-state index contributed by atoms with van der Waals surface area (Å²) in [5.74, 6) is 0.640. The van der Waals surface area contributed by atoms with Crippen molar-refractivity contribution < 1.29 is 9.59 Å². The zero-order chi connectivity index (χ0) is 28.5. The fraction of sp³-hybridized carbons (Fsp3) is 0.394. The van der Waals surface area contributed by atoms with Gasteiger partial charge in [0.15, 0.2) is 0 Å². The molecule has 7 nitrogen and oxygen atoms in total. The monoisotopic (exact) mass is 541 g/mol. The summed E-state index contributed by atoms with van der Waals surface area (Å²) in [7, 11) is 0. The van der Waals surface area contributed by atoms with Crippen molar-refractivity contribution in [3.05, 3.63) is 87.0 Å². The molecule has 3 aromatic rings. The van der Waals surface area contributed by atoms with Crippen molar-refractivity contribution in [2.45, 2.75) is 65.3 Å². The lowest BCUT2D eigenvalue weighted by atomic mass is 9.87. The first-order chi connectivity index (χ1) is 19.4. The molecule has 0 saturated carbocycles. The number of H-pyrrole nitrogens is 1. The first-order valence-electron chi connectivity index (χ1n) is 14.4. The molecule has 0 atom stereocenters. The lowest BCUT2D eigenvalue weighted by Crippen LogP contribution is -2.41. The molecule has 1 aromatic heterocycles. The lowest BCUT2D eigenvalue weighted by molar-refractivity contribution is -0.116. The van der Waals surface area contributed by atoms with Crippen LogP contribution in [0.5, 0.6) is 0 Å². The molecule has 1 saturated heterocycles. The molecule has 1 fully saturated rings. The number of aromatic amines is 1. The summed E-state index contributed by atoms with van der Waals surface area (Å²) in [6, 6.07) is 14.4. The predicted octanol–water partition coefficient (Wildman–Crippen LogP) is 4.09. The van der Waals surface area contributed by atoms with E-state index in [1.807, 2.05) is 26.1 Å². The first-order valence-corrected chi connectivity index (χ1v) is 14.4. The van der Waals surface area contributed by atoms with Crippen LogP contribution in [0.25, 0.3) is 12.2 Å². The molecule has 5 rings (SSSR count). The summed E-state index contributed by atoms with van der Waals surface area (Å²) >= 11 is 0. The number of piperidine rings is 1. The molecule has 2 aliphatic rings. The Morgan fingerprint density at radius 1 is 1.07 bits per heavy atom. The molecule has 3 heterocycles. The zero-order valence-corrected chi connectivity index (χ0v) is 24.1. The van der Waals surface area contributed by atoms with Crippen molar-refractivity contribution in [2.75, 3.05) is 25.0 Å². The van der Waals surface area contributed by atoms with Gasteiger partial charge in [-0.15, -0.1) is 0 Å². The van der Waals surface area contributed by atoms with Crippen molar-refractivity contribution in [3.8, 4) is 0 Å². The Bertz CT molecular complexity index is 1430. The molecule has 7 heteroatoms. The number of hydrogen-bond acceptors (Lipinski definition) is 3. The van der Waals surface area contributed by atoms with E-state index in [2.05, 4.69) is 71.1 Å². The van der Waals surface area contributed by atoms with Gasteiger partial charge in [-0.25, -0.2) is 4.79 Å². The van der Waals surface area contributed by atoms with Gasteiger partial charge in [-0.05, 0) is 104 Å². The third-order valence-corrected chi connectivity index (χ3v) is 8.05. The maximum Gasteiger partial charge on any atom is 0.314 e. The highest BCUT2D eigenvalue weighted by Crippen LogP contribution is 2.29. The van der Waals surface area contributed by atoms with E-state index in [0.717, 1.165) is 62.9 Å². The van der Waals surface area contributed by atoms with Gasteiger partial charge in [0, 0.05) is 43.3 Å². The Balaban J connectivity index is 0.000000201. The summed E-state index contributed by atoms with van der Waals surface area (Å²) in [5.41, 5.74) is 12.8. The second kappa shape index (κ2) is 14.0. The Morgan fingerprint density at radius 3 is 2.55 bits per heavy atom. The zero-order valence-electron chi connectivity index (χ0n) is 24.1. The Kier molecular flexibility index (Phi) is 10.2. The number of aryl methyl sites for hydroxylation is 2. The van der Waals surface area contributed by atoms with Crippen LogP contribution in [0.15, 0.2) is 48.7 Å². The highest BCUT2D eigenvalue weighted by Gasteiger charge is 2.23. The minimum Gasteiger partial charge on any atom is -0.361 e. The van der Waals surface area contributed by atoms with Gasteiger partial charge < -0.3 is 26.3 Å². The largest absolute Gasteiger partial charge is 0.361 e. The van der Waals surface area contributed by atoms with Crippen molar-refractivity contribution >= 4 is 29.8 Å². The van der Waals surface area contributed by atoms with Crippen LogP contribution in [0.1, 0.15) is 66.8 Å². The third kappa shape index (κ3) is 7.42. The van der Waals surface area contributed by atoms with E-state index in [-0.39, 0.29) is 11.9 Å². The minimum absolute atomic E-state index is 0.0593. The van der Waals surface area contributed by atoms with E-state index in [1.165, 1.54) is 33.0 Å². The van der Waals surface area contributed by atoms with Crippen molar-refractivity contribution in [2.24, 2.45) is 5.73 Å². The van der Waals surface area contributed by atoms with Crippen LogP contribution in [0, 0.1) is 6.92 Å². The molecule has 0 radical (unpaired) electrons. The number of primary amides is 1. The Labute approximate surface area is 237 Å². The van der Waals surface area contributed by atoms with Gasteiger partial charge in [0.2, 0.25) is 5.91 Å². The lowest BCUT2D eigenvalue weighted by Gasteiger charge is -2.31. The normalized spacial score (nSPS) is 16.2. The maximum atomic E-state index is 12.3. The average molecular weight is 542 g/mol. The van der Waals surface area contributed by atoms with E-state index in [0.29, 0.717) is 12.3 Å². The highest BCUT2D eigenvalue weighted by molar-refractivity contribution is 5.91. The average Bonchev–Trinajstić information content (AvgIpc) is 3.39. The fourth-order valence-corrected chi connectivity index (χ4v) is 5.77. The predicted molar refractivity (Wildman–Crippen MR) is 163 cm³/mol. The van der Waals surface area contributed by atoms with E-state index in [1.54, 1.807) is 4.90 Å². The van der Waals surface area contributed by atoms with Crippen LogP contribution >= 0.6 is 0 Å². The van der Waals surface area contributed by atoms with Crippen molar-refractivity contribution in [1.82, 2.24) is 15.2 Å². The molecule has 0 aliphatic carbocycles. The Morgan fingerprint density at radius 2 is 1.85 bits per heavy atom. The number of nitrogens with one attached hydrogen (secondary N) is 3. The first kappa shape index (κ1) is 29.2. The summed E-state index contributed by atoms with van der Waals surface area (Å²) in [4.78, 5) is 28.3. The molecule has 5 N–H and O–H groups in total. The summed E-state index contributed by atoms with van der Waals surface area (Å²) in [6.07, 6.45) is 10.5. The molecular formula is C33H43N5O2. The Hall–Kier alpha value is -3.84. The molecule has 2 aliphatic heterocycles. The number of hydrogen-bond donors (Lipinski definition) is 4. The van der Waals surface area contributed by atoms with Crippen LogP contribution < -0.4 is 26.9 Å². The van der Waals surface area contributed by atoms with Gasteiger partial charge in [0.1, 0.15) is 0 Å². The summed E-state index contributed by atoms with van der Waals surface area (Å²) < 4.78 is 0. The number of amides is 3. The number of likely N-dealkylation sites (tertiary alicyclic amines) is 1. The summed E-state index contributed by atoms with van der Waals surface area (Å²) in [5, 5.41) is 8.71. The SMILES string of the molecule is C/C=c1/c(CCC(=O)Nc2ccc3c(c2)CNCC3)c[nH]/c1=C/C.Cc1ccccc1C1CCN(C(N)=O)CC1. The molecule has 2 aromatic carbocycles. The maximum absolute atomic E-state index is 12.3. The molecule has 3 amide bonds. The van der Waals surface area contributed by atoms with Gasteiger partial charge in [-0.3, -0.25) is 4.79 Å². The van der Waals surface area contributed by atoms with Gasteiger partial charge in [0.05, 0.1) is 0 Å². The number of nitrogens with two attached hydrogens (primary N) is 1. The fourth-order valence-electron chi connectivity index (χ4n) is 5.77. The number of carbonyl (C=O) groups excluding carboxylic acids is 2. The van der Waals surface area contributed by atoms with Crippen LogP contribution in [0.4, 0.5) is 10.5 Å². The van der Waals surface area contributed by atoms with Crippen LogP contribution in [-0.4, -0.2) is 41.5 Å². The van der Waals surface area contributed by atoms with Gasteiger partial charge in [-0.2, -0.15) is 0 Å². The molecule has 212 valence electrons. The molecular weight excluding hydrogens is 498 g/mol. The van der Waals surface area contributed by atoms with E-state index in [9.17, 15) is 9.59 Å². The number of aromatic nitrogens is 1. The smallest absolute Gasteiger partial charge is 0.314 e. The molecule has 0 spiro atoms. The molecule has 0 unspecified atom stereocenters. The molecule has 0 bridgehead atoms. The van der Waals surface area contributed by atoms with Gasteiger partial charge in [-0.1, -0.05) is 42.5 Å². The molecule has 40 heavy (non-hydrogen) atoms. The van der Waals surface area contributed by atoms with E-state index in [4.69, 9.17) is 5.73 Å². The number of rotatable bonds is 5. The number of fused-ring (bicyclic) bond motifs is 1. The second-order valence-corrected chi connectivity index (χ2v) is 10.6. The number of anilines is 1. The second-order valence-electron chi connectivity index (χ2n) is 10.6. The number of carbonyl (C=O) groups is 2. The number of nitrogens with zero attached hydrogens (tertiary/aromatic N) is 1. The van der Waals surface area contributed by atoms with Crippen molar-refractivity contribution in [1.29, 1.82) is 0 Å². The highest BCUT2D eigenvalue weighted by atomic mass is 16.2. The van der Waals surface area contributed by atoms with E-state index >= 15 is 0 Å². The van der Waals surface area contributed by atoms with Crippen LogP contribution in [-0.2, 0) is 24.2 Å².